The number of carboxylic acid groups (broad SMARTS) is 1. The third-order valence-electron chi connectivity index (χ3n) is 4.77. The van der Waals surface area contributed by atoms with Gasteiger partial charge < -0.3 is 24.2 Å². The van der Waals surface area contributed by atoms with Crippen LogP contribution < -0.4 is 14.2 Å². The molecule has 0 atom stereocenters. The van der Waals surface area contributed by atoms with Crippen molar-refractivity contribution < 1.29 is 28.9 Å². The average Bonchev–Trinajstić information content (AvgIpc) is 2.82. The summed E-state index contributed by atoms with van der Waals surface area (Å²) in [5.41, 5.74) is 1.20. The molecule has 0 aromatic heterocycles. The highest BCUT2D eigenvalue weighted by atomic mass is 16.5. The Bertz CT molecular complexity index is 1120. The van der Waals surface area contributed by atoms with Crippen LogP contribution in [0.5, 0.6) is 17.2 Å². The van der Waals surface area contributed by atoms with Gasteiger partial charge in [0.2, 0.25) is 5.76 Å². The molecule has 1 aliphatic rings. The molecule has 0 saturated heterocycles. The van der Waals surface area contributed by atoms with E-state index in [1.165, 1.54) is 6.08 Å². The minimum absolute atomic E-state index is 0.0875. The van der Waals surface area contributed by atoms with Crippen molar-refractivity contribution in [3.8, 4) is 17.2 Å². The summed E-state index contributed by atoms with van der Waals surface area (Å²) in [5.74, 6) is 0.206. The zero-order valence-electron chi connectivity index (χ0n) is 17.1. The number of rotatable bonds is 8. The first-order chi connectivity index (χ1) is 15.6. The zero-order valence-corrected chi connectivity index (χ0v) is 17.1. The molecule has 0 fully saturated rings. The Labute approximate surface area is 185 Å². The Kier molecular flexibility index (Phi) is 6.36. The van der Waals surface area contributed by atoms with E-state index in [0.29, 0.717) is 41.5 Å². The summed E-state index contributed by atoms with van der Waals surface area (Å²) >= 11 is 0. The number of hydrogen-bond donors (Lipinski definition) is 1. The standard InChI is InChI=1S/C25H21NO6/c27-24-21-8-4-5-9-22(21)31-17-26(24)14-15-30-19-12-10-18(11-13-19)16-23(25(28)29)32-20-6-2-1-3-7-20/h1-13,16H,14-15,17H2,(H,28,29)/b23-16+. The Morgan fingerprint density at radius 1 is 0.969 bits per heavy atom. The van der Waals surface area contributed by atoms with Crippen LogP contribution >= 0.6 is 0 Å². The minimum atomic E-state index is -1.16. The smallest absolute Gasteiger partial charge is 0.371 e. The van der Waals surface area contributed by atoms with Gasteiger partial charge in [0.25, 0.3) is 5.91 Å². The molecule has 0 saturated carbocycles. The third kappa shape index (κ3) is 5.07. The molecule has 1 N–H and O–H groups in total. The molecule has 1 aliphatic heterocycles. The minimum Gasteiger partial charge on any atom is -0.492 e. The SMILES string of the molecule is O=C(O)/C(=C\c1ccc(OCCN2COc3ccccc3C2=O)cc1)Oc1ccccc1. The van der Waals surface area contributed by atoms with E-state index in [1.54, 1.807) is 71.6 Å². The summed E-state index contributed by atoms with van der Waals surface area (Å²) in [6.07, 6.45) is 1.44. The summed E-state index contributed by atoms with van der Waals surface area (Å²) < 4.78 is 16.8. The zero-order chi connectivity index (χ0) is 22.3. The number of amides is 1. The molecule has 3 aromatic rings. The largest absolute Gasteiger partial charge is 0.492 e. The van der Waals surface area contributed by atoms with Gasteiger partial charge in [0.05, 0.1) is 12.1 Å². The van der Waals surface area contributed by atoms with E-state index in [0.717, 1.165) is 0 Å². The van der Waals surface area contributed by atoms with Gasteiger partial charge in [-0.2, -0.15) is 0 Å². The molecular weight excluding hydrogens is 410 g/mol. The normalized spacial score (nSPS) is 13.2. The van der Waals surface area contributed by atoms with Crippen molar-refractivity contribution in [2.45, 2.75) is 0 Å². The number of carbonyl (C=O) groups excluding carboxylic acids is 1. The molecule has 7 heteroatoms. The number of nitrogens with zero attached hydrogens (tertiary/aromatic N) is 1. The maximum atomic E-state index is 12.5. The van der Waals surface area contributed by atoms with Gasteiger partial charge in [-0.15, -0.1) is 0 Å². The van der Waals surface area contributed by atoms with Gasteiger partial charge in [-0.1, -0.05) is 42.5 Å². The number of carboxylic acids is 1. The molecule has 3 aromatic carbocycles. The van der Waals surface area contributed by atoms with Crippen molar-refractivity contribution in [2.24, 2.45) is 0 Å². The van der Waals surface area contributed by atoms with Gasteiger partial charge in [-0.3, -0.25) is 4.79 Å². The average molecular weight is 431 g/mol. The Hall–Kier alpha value is -4.26. The summed E-state index contributed by atoms with van der Waals surface area (Å²) in [6, 6.07) is 22.8. The van der Waals surface area contributed by atoms with Crippen LogP contribution in [0.3, 0.4) is 0 Å². The molecule has 0 unspecified atom stereocenters. The van der Waals surface area contributed by atoms with E-state index in [9.17, 15) is 14.7 Å². The monoisotopic (exact) mass is 431 g/mol. The van der Waals surface area contributed by atoms with Crippen LogP contribution in [0.15, 0.2) is 84.6 Å². The molecule has 4 rings (SSSR count). The Balaban J connectivity index is 1.33. The maximum absolute atomic E-state index is 12.5. The van der Waals surface area contributed by atoms with Crippen LogP contribution in [-0.2, 0) is 4.79 Å². The van der Waals surface area contributed by atoms with Crippen molar-refractivity contribution in [2.75, 3.05) is 19.9 Å². The first-order valence-corrected chi connectivity index (χ1v) is 10.0. The molecular formula is C25H21NO6. The van der Waals surface area contributed by atoms with E-state index in [-0.39, 0.29) is 18.4 Å². The van der Waals surface area contributed by atoms with Crippen molar-refractivity contribution in [3.63, 3.8) is 0 Å². The van der Waals surface area contributed by atoms with E-state index in [1.807, 2.05) is 12.1 Å². The fourth-order valence-corrected chi connectivity index (χ4v) is 3.15. The molecule has 32 heavy (non-hydrogen) atoms. The second kappa shape index (κ2) is 9.70. The maximum Gasteiger partial charge on any atom is 0.371 e. The van der Waals surface area contributed by atoms with Crippen LogP contribution in [0.25, 0.3) is 6.08 Å². The lowest BCUT2D eigenvalue weighted by Crippen LogP contribution is -2.40. The molecule has 7 nitrogen and oxygen atoms in total. The van der Waals surface area contributed by atoms with Gasteiger partial charge in [0.15, 0.2) is 6.73 Å². The lowest BCUT2D eigenvalue weighted by molar-refractivity contribution is -0.134. The van der Waals surface area contributed by atoms with Crippen molar-refractivity contribution in [1.82, 2.24) is 4.90 Å². The Morgan fingerprint density at radius 3 is 2.44 bits per heavy atom. The molecule has 1 heterocycles. The highest BCUT2D eigenvalue weighted by molar-refractivity contribution is 5.97. The van der Waals surface area contributed by atoms with Crippen LogP contribution in [0.4, 0.5) is 0 Å². The van der Waals surface area contributed by atoms with Gasteiger partial charge in [-0.05, 0) is 48.0 Å². The van der Waals surface area contributed by atoms with Crippen LogP contribution in [0, 0.1) is 0 Å². The highest BCUT2D eigenvalue weighted by Crippen LogP contribution is 2.24. The van der Waals surface area contributed by atoms with E-state index in [2.05, 4.69) is 0 Å². The second-order valence-electron chi connectivity index (χ2n) is 6.98. The summed E-state index contributed by atoms with van der Waals surface area (Å²) in [7, 11) is 0. The van der Waals surface area contributed by atoms with Gasteiger partial charge in [0, 0.05) is 0 Å². The first kappa shape index (κ1) is 21.0. The number of benzene rings is 3. The molecule has 1 amide bonds. The summed E-state index contributed by atoms with van der Waals surface area (Å²) in [6.45, 7) is 0.856. The van der Waals surface area contributed by atoms with Crippen molar-refractivity contribution >= 4 is 18.0 Å². The van der Waals surface area contributed by atoms with Gasteiger partial charge in [-0.25, -0.2) is 4.79 Å². The lowest BCUT2D eigenvalue weighted by Gasteiger charge is -2.28. The number of ether oxygens (including phenoxy) is 3. The van der Waals surface area contributed by atoms with Gasteiger partial charge >= 0.3 is 5.97 Å². The lowest BCUT2D eigenvalue weighted by atomic mass is 10.1. The molecule has 0 spiro atoms. The summed E-state index contributed by atoms with van der Waals surface area (Å²) in [4.78, 5) is 25.6. The predicted molar refractivity (Wildman–Crippen MR) is 118 cm³/mol. The van der Waals surface area contributed by atoms with Crippen molar-refractivity contribution in [3.05, 3.63) is 95.7 Å². The van der Waals surface area contributed by atoms with Crippen LogP contribution in [0.2, 0.25) is 0 Å². The highest BCUT2D eigenvalue weighted by Gasteiger charge is 2.24. The quantitative estimate of drug-likeness (QED) is 0.428. The number of hydrogen-bond acceptors (Lipinski definition) is 5. The molecule has 0 bridgehead atoms. The molecule has 0 aliphatic carbocycles. The summed E-state index contributed by atoms with van der Waals surface area (Å²) in [5, 5.41) is 9.41. The van der Waals surface area contributed by atoms with Gasteiger partial charge in [0.1, 0.15) is 23.9 Å². The first-order valence-electron chi connectivity index (χ1n) is 10.0. The fourth-order valence-electron chi connectivity index (χ4n) is 3.15. The fraction of sp³-hybridized carbons (Fsp3) is 0.120. The number of fused-ring (bicyclic) bond motifs is 1. The third-order valence-corrected chi connectivity index (χ3v) is 4.77. The van der Waals surface area contributed by atoms with E-state index >= 15 is 0 Å². The van der Waals surface area contributed by atoms with Crippen molar-refractivity contribution in [1.29, 1.82) is 0 Å². The number of carbonyl (C=O) groups is 2. The predicted octanol–water partition coefficient (Wildman–Crippen LogP) is 4.06. The number of aliphatic carboxylic acids is 1. The number of para-hydroxylation sites is 2. The Morgan fingerprint density at radius 2 is 1.69 bits per heavy atom. The van der Waals surface area contributed by atoms with Crippen LogP contribution in [-0.4, -0.2) is 41.8 Å². The van der Waals surface area contributed by atoms with E-state index in [4.69, 9.17) is 14.2 Å². The molecule has 162 valence electrons. The van der Waals surface area contributed by atoms with E-state index < -0.39 is 5.97 Å². The topological polar surface area (TPSA) is 85.3 Å². The second-order valence-corrected chi connectivity index (χ2v) is 6.98. The molecule has 0 radical (unpaired) electrons. The van der Waals surface area contributed by atoms with Crippen LogP contribution in [0.1, 0.15) is 15.9 Å².